The average Bonchev–Trinajstić information content (AvgIpc) is 3.36. The van der Waals surface area contributed by atoms with E-state index in [2.05, 4.69) is 21.8 Å². The molecule has 1 unspecified atom stereocenters. The third-order valence-electron chi connectivity index (χ3n) is 6.82. The van der Waals surface area contributed by atoms with Crippen molar-refractivity contribution >= 4 is 23.8 Å². The maximum absolute atomic E-state index is 12.6. The molecule has 3 fully saturated rings. The van der Waals surface area contributed by atoms with E-state index in [0.29, 0.717) is 11.7 Å². The Bertz CT molecular complexity index is 1090. The summed E-state index contributed by atoms with van der Waals surface area (Å²) in [5.74, 6) is -8.23. The van der Waals surface area contributed by atoms with Gasteiger partial charge in [0.25, 0.3) is 5.91 Å². The number of carboxylic acid groups (broad SMARTS) is 3. The van der Waals surface area contributed by atoms with Crippen LogP contribution < -0.4 is 0 Å². The van der Waals surface area contributed by atoms with E-state index < -0.39 is 36.4 Å². The molecule has 12 nitrogen and oxygen atoms in total. The Labute approximate surface area is 255 Å². The Morgan fingerprint density at radius 3 is 1.59 bits per heavy atom. The van der Waals surface area contributed by atoms with Crippen molar-refractivity contribution in [3.63, 3.8) is 0 Å². The first-order valence-electron chi connectivity index (χ1n) is 13.2. The maximum Gasteiger partial charge on any atom is 0.490 e. The van der Waals surface area contributed by atoms with Gasteiger partial charge in [-0.25, -0.2) is 14.4 Å². The fraction of sp³-hybridized carbons (Fsp3) is 0.640. The molecule has 262 valence electrons. The number of halogens is 9. The zero-order chi connectivity index (χ0) is 35.5. The number of aromatic nitrogens is 1. The summed E-state index contributed by atoms with van der Waals surface area (Å²) in [5, 5.41) is 21.4. The Kier molecular flexibility index (Phi) is 14.7. The van der Waals surface area contributed by atoms with E-state index in [-0.39, 0.29) is 11.5 Å². The summed E-state index contributed by atoms with van der Waals surface area (Å²) < 4.78 is 102. The van der Waals surface area contributed by atoms with Crippen molar-refractivity contribution < 1.29 is 78.7 Å². The van der Waals surface area contributed by atoms with E-state index in [9.17, 15) is 44.3 Å². The molecule has 0 bridgehead atoms. The molecule has 46 heavy (non-hydrogen) atoms. The summed E-state index contributed by atoms with van der Waals surface area (Å²) in [6.45, 7) is 6.97. The monoisotopic (exact) mass is 686 g/mol. The fourth-order valence-electron chi connectivity index (χ4n) is 4.36. The van der Waals surface area contributed by atoms with Gasteiger partial charge in [0.15, 0.2) is 0 Å². The molecule has 0 saturated carbocycles. The molecule has 1 amide bonds. The third kappa shape index (κ3) is 13.7. The van der Waals surface area contributed by atoms with Crippen LogP contribution in [0.2, 0.25) is 0 Å². The van der Waals surface area contributed by atoms with E-state index in [1.165, 1.54) is 0 Å². The highest BCUT2D eigenvalue weighted by atomic mass is 19.4. The summed E-state index contributed by atoms with van der Waals surface area (Å²) in [6.07, 6.45) is -10.6. The quantitative estimate of drug-likeness (QED) is 0.393. The third-order valence-corrected chi connectivity index (χ3v) is 6.82. The smallest absolute Gasteiger partial charge is 0.475 e. The number of nitrogens with zero attached hydrogens (tertiary/aromatic N) is 4. The first-order valence-corrected chi connectivity index (χ1v) is 13.2. The summed E-state index contributed by atoms with van der Waals surface area (Å²) in [5.41, 5.74) is 0.524. The molecular weight excluding hydrogens is 655 g/mol. The van der Waals surface area contributed by atoms with Gasteiger partial charge in [-0.1, -0.05) is 6.07 Å². The molecule has 21 heteroatoms. The SMILES string of the molecule is CN1CCN(C2COC3(CCN(C(=O)c4ccccn4)CC3)C2)CC1.O=C(O)C(F)(F)F.O=C(O)C(F)(F)F.O=C(O)C(F)(F)F. The van der Waals surface area contributed by atoms with E-state index in [1.807, 2.05) is 17.0 Å². The Balaban J connectivity index is 0.000000413. The van der Waals surface area contributed by atoms with Crippen LogP contribution in [0, 0.1) is 0 Å². The van der Waals surface area contributed by atoms with Crippen molar-refractivity contribution in [1.82, 2.24) is 19.7 Å². The van der Waals surface area contributed by atoms with E-state index in [1.54, 1.807) is 12.3 Å². The summed E-state index contributed by atoms with van der Waals surface area (Å²) in [4.78, 5) is 50.4. The number of likely N-dealkylation sites (N-methyl/N-ethyl adjacent to an activating group) is 1. The number of piperidine rings is 1. The van der Waals surface area contributed by atoms with Crippen LogP contribution in [0.5, 0.6) is 0 Å². The van der Waals surface area contributed by atoms with Crippen LogP contribution in [-0.4, -0.2) is 142 Å². The molecule has 0 radical (unpaired) electrons. The van der Waals surface area contributed by atoms with Gasteiger partial charge in [-0.3, -0.25) is 14.7 Å². The number of alkyl halides is 9. The number of aliphatic carboxylic acids is 3. The highest BCUT2D eigenvalue weighted by Gasteiger charge is 2.45. The zero-order valence-corrected chi connectivity index (χ0v) is 24.0. The van der Waals surface area contributed by atoms with Crippen LogP contribution in [-0.2, 0) is 19.1 Å². The van der Waals surface area contributed by atoms with Crippen LogP contribution >= 0.6 is 0 Å². The largest absolute Gasteiger partial charge is 0.490 e. The number of rotatable bonds is 2. The number of carboxylic acids is 3. The van der Waals surface area contributed by atoms with Crippen LogP contribution in [0.3, 0.4) is 0 Å². The molecule has 4 heterocycles. The topological polar surface area (TPSA) is 161 Å². The lowest BCUT2D eigenvalue weighted by Gasteiger charge is -2.39. The van der Waals surface area contributed by atoms with Crippen molar-refractivity contribution in [3.05, 3.63) is 30.1 Å². The number of carbonyl (C=O) groups excluding carboxylic acids is 1. The standard InChI is InChI=1S/C19H28N4O2.3C2HF3O2/c1-21-10-12-22(13-11-21)16-14-19(25-15-16)5-8-23(9-6-19)18(24)17-4-2-3-7-20-17;3*3-2(4,5)1(6)7/h2-4,7,16H,5-6,8-15H2,1H3;3*(H,6,7). The van der Waals surface area contributed by atoms with Crippen LogP contribution in [0.25, 0.3) is 0 Å². The Morgan fingerprint density at radius 2 is 1.22 bits per heavy atom. The first kappa shape index (κ1) is 40.3. The second kappa shape index (κ2) is 16.7. The van der Waals surface area contributed by atoms with Gasteiger partial charge in [0.05, 0.1) is 12.2 Å². The van der Waals surface area contributed by atoms with Crippen LogP contribution in [0.1, 0.15) is 29.8 Å². The van der Waals surface area contributed by atoms with Crippen molar-refractivity contribution in [2.75, 3.05) is 52.9 Å². The number of amides is 1. The number of piperazine rings is 1. The van der Waals surface area contributed by atoms with Crippen LogP contribution in [0.4, 0.5) is 39.5 Å². The molecule has 1 atom stereocenters. The van der Waals surface area contributed by atoms with Gasteiger partial charge in [0, 0.05) is 51.5 Å². The molecule has 3 aliphatic heterocycles. The minimum Gasteiger partial charge on any atom is -0.475 e. The van der Waals surface area contributed by atoms with Crippen molar-refractivity contribution in [3.8, 4) is 0 Å². The lowest BCUT2D eigenvalue weighted by molar-refractivity contribution is -0.193. The molecule has 1 aromatic heterocycles. The second-order valence-electron chi connectivity index (χ2n) is 10.1. The van der Waals surface area contributed by atoms with Crippen molar-refractivity contribution in [1.29, 1.82) is 0 Å². The molecule has 4 rings (SSSR count). The predicted octanol–water partition coefficient (Wildman–Crippen LogP) is 2.99. The highest BCUT2D eigenvalue weighted by molar-refractivity contribution is 5.92. The minimum absolute atomic E-state index is 0.0189. The normalized spacial score (nSPS) is 20.2. The van der Waals surface area contributed by atoms with Crippen LogP contribution in [0.15, 0.2) is 24.4 Å². The van der Waals surface area contributed by atoms with E-state index >= 15 is 0 Å². The van der Waals surface area contributed by atoms with Crippen molar-refractivity contribution in [2.24, 2.45) is 0 Å². The van der Waals surface area contributed by atoms with Crippen molar-refractivity contribution in [2.45, 2.75) is 49.4 Å². The Morgan fingerprint density at radius 1 is 0.783 bits per heavy atom. The molecular formula is C25H31F9N4O8. The summed E-state index contributed by atoms with van der Waals surface area (Å²) in [6, 6.07) is 6.05. The van der Waals surface area contributed by atoms with Gasteiger partial charge in [0.2, 0.25) is 0 Å². The molecule has 1 aromatic rings. The number of carbonyl (C=O) groups is 4. The minimum atomic E-state index is -5.08. The predicted molar refractivity (Wildman–Crippen MR) is 137 cm³/mol. The lowest BCUT2D eigenvalue weighted by atomic mass is 9.87. The number of pyridine rings is 1. The molecule has 1 spiro atoms. The van der Waals surface area contributed by atoms with Gasteiger partial charge < -0.3 is 29.9 Å². The van der Waals surface area contributed by atoms with Gasteiger partial charge >= 0.3 is 36.4 Å². The highest BCUT2D eigenvalue weighted by Crippen LogP contribution is 2.38. The fourth-order valence-corrected chi connectivity index (χ4v) is 4.36. The molecule has 3 aliphatic rings. The van der Waals surface area contributed by atoms with Gasteiger partial charge in [-0.05, 0) is 38.4 Å². The number of hydrogen-bond donors (Lipinski definition) is 3. The molecule has 0 aromatic carbocycles. The number of ether oxygens (including phenoxy) is 1. The first-order chi connectivity index (χ1) is 21.0. The van der Waals surface area contributed by atoms with Gasteiger partial charge in [-0.15, -0.1) is 0 Å². The molecule has 3 saturated heterocycles. The zero-order valence-electron chi connectivity index (χ0n) is 24.0. The molecule has 3 N–H and O–H groups in total. The average molecular weight is 687 g/mol. The second-order valence-corrected chi connectivity index (χ2v) is 10.1. The number of hydrogen-bond acceptors (Lipinski definition) is 8. The summed E-state index contributed by atoms with van der Waals surface area (Å²) >= 11 is 0. The Hall–Kier alpha value is -3.72. The van der Waals surface area contributed by atoms with Gasteiger partial charge in [0.1, 0.15) is 5.69 Å². The van der Waals surface area contributed by atoms with E-state index in [0.717, 1.165) is 65.1 Å². The molecule has 0 aliphatic carbocycles. The van der Waals surface area contributed by atoms with E-state index in [4.69, 9.17) is 34.4 Å². The number of likely N-dealkylation sites (tertiary alicyclic amines) is 1. The van der Waals surface area contributed by atoms with Gasteiger partial charge in [-0.2, -0.15) is 39.5 Å². The lowest BCUT2D eigenvalue weighted by Crippen LogP contribution is -2.50. The maximum atomic E-state index is 12.6. The summed E-state index contributed by atoms with van der Waals surface area (Å²) in [7, 11) is 2.19.